The molecule has 1 rings (SSSR count). The van der Waals surface area contributed by atoms with Crippen LogP contribution in [0.5, 0.6) is 0 Å². The molecule has 8 heteroatoms. The first-order chi connectivity index (χ1) is 15.4. The smallest absolute Gasteiger partial charge is 0.00595 e. The molecule has 1 saturated carbocycles. The second kappa shape index (κ2) is 22.6. The first-order valence-electron chi connectivity index (χ1n) is 11.1. The van der Waals surface area contributed by atoms with Gasteiger partial charge in [-0.2, -0.15) is 6.67 Å². The normalized spacial score (nSPS) is 16.5. The molecule has 0 amide bonds. The molecular formula is C25H44ClN2O2RuS2-2. The number of nitrogens with zero attached hydrogens (tertiary/aromatic N) is 2. The average molecular weight is 605 g/mol. The third-order valence-corrected chi connectivity index (χ3v) is 7.98. The van der Waals surface area contributed by atoms with Crippen LogP contribution in [-0.4, -0.2) is 51.2 Å². The summed E-state index contributed by atoms with van der Waals surface area (Å²) in [5.74, 6) is 1.28. The maximum absolute atomic E-state index is 12.4. The molecule has 0 radical (unpaired) electrons. The van der Waals surface area contributed by atoms with E-state index in [-0.39, 0.29) is 35.0 Å². The molecule has 195 valence electrons. The second-order valence-electron chi connectivity index (χ2n) is 7.34. The second-order valence-corrected chi connectivity index (χ2v) is 10.9. The number of carbonyl (C=O) groups is 1. The van der Waals surface area contributed by atoms with Crippen LogP contribution in [0.15, 0.2) is 36.1 Å². The fourth-order valence-corrected chi connectivity index (χ4v) is 5.19. The van der Waals surface area contributed by atoms with Gasteiger partial charge in [-0.3, -0.25) is 0 Å². The third kappa shape index (κ3) is 15.7. The van der Waals surface area contributed by atoms with Gasteiger partial charge in [-0.05, 0) is 26.1 Å². The van der Waals surface area contributed by atoms with E-state index < -0.39 is 0 Å². The Bertz CT molecular complexity index is 620. The minimum Gasteiger partial charge on any atom is -0.390 e. The van der Waals surface area contributed by atoms with Crippen molar-refractivity contribution in [3.8, 4) is 0 Å². The van der Waals surface area contributed by atoms with Crippen LogP contribution in [0.2, 0.25) is 0 Å². The summed E-state index contributed by atoms with van der Waals surface area (Å²) < 4.78 is 12.4. The van der Waals surface area contributed by atoms with Crippen LogP contribution in [0.4, 0.5) is 0 Å². The van der Waals surface area contributed by atoms with Gasteiger partial charge in [0.25, 0.3) is 0 Å². The number of carbonyl (C=O) groups excluding carboxylic acids is 1. The first-order valence-corrected chi connectivity index (χ1v) is 16.7. The zero-order valence-electron chi connectivity index (χ0n) is 21.5. The first kappa shape index (κ1) is 35.3. The number of hydrogen-bond donors (Lipinski definition) is 0. The summed E-state index contributed by atoms with van der Waals surface area (Å²) in [6, 6.07) is 0. The molecule has 0 aromatic rings. The Morgan fingerprint density at radius 2 is 1.91 bits per heavy atom. The minimum atomic E-state index is -0.329. The predicted molar refractivity (Wildman–Crippen MR) is 149 cm³/mol. The van der Waals surface area contributed by atoms with Crippen LogP contribution in [-0.2, 0) is 25.2 Å². The number of allylic oxidation sites excluding steroid dienone is 4. The van der Waals surface area contributed by atoms with Gasteiger partial charge in [0.05, 0.1) is 0 Å². The molecule has 1 aliphatic rings. The molecule has 0 N–H and O–H groups in total. The van der Waals surface area contributed by atoms with Crippen molar-refractivity contribution in [2.75, 3.05) is 26.1 Å². The van der Waals surface area contributed by atoms with E-state index >= 15 is 0 Å². The van der Waals surface area contributed by atoms with Gasteiger partial charge in [-0.15, -0.1) is 23.9 Å². The van der Waals surface area contributed by atoms with Crippen LogP contribution in [0.25, 0.3) is 0 Å². The van der Waals surface area contributed by atoms with Gasteiger partial charge in [-0.1, -0.05) is 6.92 Å². The Balaban J connectivity index is 0. The summed E-state index contributed by atoms with van der Waals surface area (Å²) in [5, 5.41) is 0. The van der Waals surface area contributed by atoms with Crippen LogP contribution in [0, 0.1) is 20.0 Å². The zero-order chi connectivity index (χ0) is 24.4. The Hall–Kier alpha value is 0.0934. The molecule has 0 aromatic heterocycles. The molecule has 0 aromatic carbocycles. The Morgan fingerprint density at radius 1 is 1.27 bits per heavy atom. The maximum atomic E-state index is 12.4. The van der Waals surface area contributed by atoms with Crippen molar-refractivity contribution in [3.05, 3.63) is 50.2 Å². The third-order valence-electron chi connectivity index (χ3n) is 5.09. The van der Waals surface area contributed by atoms with Crippen molar-refractivity contribution in [3.63, 3.8) is 0 Å². The molecule has 0 spiro atoms. The monoisotopic (exact) mass is 605 g/mol. The van der Waals surface area contributed by atoms with E-state index in [0.29, 0.717) is 12.3 Å². The van der Waals surface area contributed by atoms with Gasteiger partial charge in [0.2, 0.25) is 0 Å². The molecule has 0 heterocycles. The van der Waals surface area contributed by atoms with Gasteiger partial charge in [-0.25, -0.2) is 0 Å². The van der Waals surface area contributed by atoms with E-state index in [1.54, 1.807) is 30.0 Å². The fraction of sp³-hybridized carbons (Fsp3) is 0.600. The SMILES string of the molecule is C=C/C=C\C(OC(C(=O)CC)C1CCCCC1)=C(/C)[CH]=[Ru][Cl].CCN([CH-]N(C)SC)SC.[CH3-]. The summed E-state index contributed by atoms with van der Waals surface area (Å²) in [6.45, 7) is 12.9. The van der Waals surface area contributed by atoms with E-state index in [9.17, 15) is 4.79 Å². The molecule has 0 aliphatic heterocycles. The number of hydrogen-bond acceptors (Lipinski definition) is 6. The van der Waals surface area contributed by atoms with Crippen LogP contribution in [0.3, 0.4) is 0 Å². The van der Waals surface area contributed by atoms with Crippen LogP contribution < -0.4 is 0 Å². The van der Waals surface area contributed by atoms with Gasteiger partial charge in [0, 0.05) is 0 Å². The molecule has 4 nitrogen and oxygen atoms in total. The molecular weight excluding hydrogens is 561 g/mol. The van der Waals surface area contributed by atoms with Crippen molar-refractivity contribution in [2.45, 2.75) is 65.4 Å². The Morgan fingerprint density at radius 3 is 2.36 bits per heavy atom. The zero-order valence-corrected chi connectivity index (χ0v) is 25.6. The van der Waals surface area contributed by atoms with Gasteiger partial charge >= 0.3 is 146 Å². The van der Waals surface area contributed by atoms with E-state index in [0.717, 1.165) is 30.7 Å². The number of ketones is 1. The Kier molecular flexibility index (Phi) is 24.1. The summed E-state index contributed by atoms with van der Waals surface area (Å²) in [6.07, 6.45) is 15.6. The van der Waals surface area contributed by atoms with Gasteiger partial charge in [0.15, 0.2) is 0 Å². The van der Waals surface area contributed by atoms with E-state index in [2.05, 4.69) is 41.3 Å². The topological polar surface area (TPSA) is 32.8 Å². The number of Topliss-reactive ketones (excluding diaryl/α,β-unsaturated/α-hetero) is 1. The standard InChI is InChI=1S/C18H26O2.C6H15N2S2.CH3.ClH.Ru/c1-5-7-13-17(14(3)4)20-18(16(19)6-2)15-11-9-8-10-12-15;1-5-8(10-4)6-7(2)9-3;;;/h3,5,7,13,15,18H,1,6,8-12H2,2,4H3;6H,5H2,1-4H3;1H3;1H;/q;2*-1;;+1/p-1/b13-7-,17-14+;;;;. The summed E-state index contributed by atoms with van der Waals surface area (Å²) >= 11 is 3.13. The molecule has 0 bridgehead atoms. The molecule has 1 aliphatic carbocycles. The van der Waals surface area contributed by atoms with Gasteiger partial charge in [0.1, 0.15) is 0 Å². The van der Waals surface area contributed by atoms with Crippen molar-refractivity contribution in [2.24, 2.45) is 5.92 Å². The van der Waals surface area contributed by atoms with Crippen LogP contribution >= 0.6 is 33.6 Å². The number of ether oxygens (including phenoxy) is 1. The Labute approximate surface area is 224 Å². The summed E-state index contributed by atoms with van der Waals surface area (Å²) in [4.78, 5) is 12.4. The molecule has 0 saturated heterocycles. The van der Waals surface area contributed by atoms with Crippen molar-refractivity contribution < 1.29 is 25.2 Å². The molecule has 1 fully saturated rings. The van der Waals surface area contributed by atoms with Crippen LogP contribution in [0.1, 0.15) is 59.3 Å². The van der Waals surface area contributed by atoms with Crippen molar-refractivity contribution in [1.82, 2.24) is 8.61 Å². The van der Waals surface area contributed by atoms with E-state index in [1.165, 1.54) is 19.3 Å². The minimum absolute atomic E-state index is 0. The molecule has 1 unspecified atom stereocenters. The van der Waals surface area contributed by atoms with E-state index in [1.807, 2.05) is 37.7 Å². The fourth-order valence-electron chi connectivity index (χ4n) is 3.21. The van der Waals surface area contributed by atoms with E-state index in [4.69, 9.17) is 14.4 Å². The predicted octanol–water partition coefficient (Wildman–Crippen LogP) is 7.35. The van der Waals surface area contributed by atoms with Crippen molar-refractivity contribution >= 4 is 44.0 Å². The number of rotatable bonds is 13. The van der Waals surface area contributed by atoms with Crippen molar-refractivity contribution in [1.29, 1.82) is 0 Å². The summed E-state index contributed by atoms with van der Waals surface area (Å²) in [5.41, 5.74) is 0.996. The number of halogens is 1. The molecule has 33 heavy (non-hydrogen) atoms. The average Bonchev–Trinajstić information content (AvgIpc) is 2.83. The molecule has 1 atom stereocenters. The summed E-state index contributed by atoms with van der Waals surface area (Å²) in [7, 11) is 7.93. The maximum Gasteiger partial charge on any atom is -0.00595 e. The quantitative estimate of drug-likeness (QED) is 0.0718. The largest absolute Gasteiger partial charge is 0.390 e. The van der Waals surface area contributed by atoms with Gasteiger partial charge < -0.3 is 16.0 Å².